The zero-order valence-corrected chi connectivity index (χ0v) is 14.7. The van der Waals surface area contributed by atoms with Gasteiger partial charge in [0.25, 0.3) is 5.91 Å². The third-order valence-electron chi connectivity index (χ3n) is 5.00. The third kappa shape index (κ3) is 2.91. The van der Waals surface area contributed by atoms with E-state index in [1.807, 2.05) is 35.2 Å². The van der Waals surface area contributed by atoms with Crippen molar-refractivity contribution in [1.82, 2.24) is 9.88 Å². The average molecular weight is 330 g/mol. The standard InChI is InChI=1S/C22H22N2O/c1-15-9-10-17(16(2)13-15)21-14-19(22(25)24-11-5-6-12-24)18-7-3-4-8-20(18)23-21/h3-4,7-10,13-14H,5-6,11-12H2,1-2H3. The lowest BCUT2D eigenvalue weighted by molar-refractivity contribution is 0.0794. The Kier molecular flexibility index (Phi) is 4.00. The Hall–Kier alpha value is -2.68. The number of likely N-dealkylation sites (tertiary alicyclic amines) is 1. The van der Waals surface area contributed by atoms with E-state index in [1.165, 1.54) is 11.1 Å². The fourth-order valence-electron chi connectivity index (χ4n) is 3.68. The summed E-state index contributed by atoms with van der Waals surface area (Å²) in [6.45, 7) is 5.90. The van der Waals surface area contributed by atoms with Gasteiger partial charge in [0.15, 0.2) is 0 Å². The van der Waals surface area contributed by atoms with E-state index < -0.39 is 0 Å². The number of aryl methyl sites for hydroxylation is 2. The minimum Gasteiger partial charge on any atom is -0.339 e. The number of amides is 1. The predicted octanol–water partition coefficient (Wildman–Crippen LogP) is 4.75. The Morgan fingerprint density at radius 1 is 1.00 bits per heavy atom. The normalized spacial score (nSPS) is 14.2. The maximum atomic E-state index is 13.1. The first kappa shape index (κ1) is 15.8. The van der Waals surface area contributed by atoms with Crippen molar-refractivity contribution in [3.05, 3.63) is 65.2 Å². The van der Waals surface area contributed by atoms with Gasteiger partial charge in [-0.25, -0.2) is 4.98 Å². The summed E-state index contributed by atoms with van der Waals surface area (Å²) in [4.78, 5) is 19.9. The third-order valence-corrected chi connectivity index (χ3v) is 5.00. The first-order chi connectivity index (χ1) is 12.1. The van der Waals surface area contributed by atoms with Gasteiger partial charge in [0.05, 0.1) is 16.8 Å². The molecular formula is C22H22N2O. The number of carbonyl (C=O) groups excluding carboxylic acids is 1. The average Bonchev–Trinajstić information content (AvgIpc) is 3.15. The molecule has 3 aromatic rings. The Bertz CT molecular complexity index is 955. The molecule has 1 fully saturated rings. The number of hydrogen-bond acceptors (Lipinski definition) is 2. The lowest BCUT2D eigenvalue weighted by atomic mass is 9.99. The van der Waals surface area contributed by atoms with E-state index in [2.05, 4.69) is 32.0 Å². The van der Waals surface area contributed by atoms with E-state index in [9.17, 15) is 4.79 Å². The fraction of sp³-hybridized carbons (Fsp3) is 0.273. The smallest absolute Gasteiger partial charge is 0.254 e. The molecule has 1 aliphatic heterocycles. The lowest BCUT2D eigenvalue weighted by Crippen LogP contribution is -2.27. The molecule has 4 rings (SSSR count). The van der Waals surface area contributed by atoms with Crippen LogP contribution in [0.1, 0.15) is 34.3 Å². The monoisotopic (exact) mass is 330 g/mol. The summed E-state index contributed by atoms with van der Waals surface area (Å²) >= 11 is 0. The number of hydrogen-bond donors (Lipinski definition) is 0. The Balaban J connectivity index is 1.90. The van der Waals surface area contributed by atoms with Crippen LogP contribution in [0.3, 0.4) is 0 Å². The van der Waals surface area contributed by atoms with Crippen LogP contribution in [0.4, 0.5) is 0 Å². The van der Waals surface area contributed by atoms with Crippen LogP contribution in [0, 0.1) is 13.8 Å². The van der Waals surface area contributed by atoms with Gasteiger partial charge in [0.1, 0.15) is 0 Å². The van der Waals surface area contributed by atoms with E-state index in [-0.39, 0.29) is 5.91 Å². The molecule has 3 nitrogen and oxygen atoms in total. The molecule has 1 amide bonds. The minimum absolute atomic E-state index is 0.127. The highest BCUT2D eigenvalue weighted by atomic mass is 16.2. The zero-order valence-electron chi connectivity index (χ0n) is 14.7. The number of rotatable bonds is 2. The molecule has 1 saturated heterocycles. The minimum atomic E-state index is 0.127. The van der Waals surface area contributed by atoms with Crippen molar-refractivity contribution in [2.75, 3.05) is 13.1 Å². The molecule has 0 bridgehead atoms. The summed E-state index contributed by atoms with van der Waals surface area (Å²) in [7, 11) is 0. The number of carbonyl (C=O) groups is 1. The van der Waals surface area contributed by atoms with Crippen molar-refractivity contribution in [1.29, 1.82) is 0 Å². The topological polar surface area (TPSA) is 33.2 Å². The molecule has 0 unspecified atom stereocenters. The molecule has 2 aromatic carbocycles. The van der Waals surface area contributed by atoms with Gasteiger partial charge in [-0.1, -0.05) is 42.0 Å². The van der Waals surface area contributed by atoms with Crippen LogP contribution in [0.25, 0.3) is 22.2 Å². The SMILES string of the molecule is Cc1ccc(-c2cc(C(=O)N3CCCC3)c3ccccc3n2)c(C)c1. The van der Waals surface area contributed by atoms with Crippen molar-refractivity contribution < 1.29 is 4.79 Å². The van der Waals surface area contributed by atoms with E-state index in [0.29, 0.717) is 0 Å². The van der Waals surface area contributed by atoms with Gasteiger partial charge in [-0.15, -0.1) is 0 Å². The van der Waals surface area contributed by atoms with Crippen LogP contribution < -0.4 is 0 Å². The number of nitrogens with zero attached hydrogens (tertiary/aromatic N) is 2. The number of para-hydroxylation sites is 1. The zero-order chi connectivity index (χ0) is 17.4. The predicted molar refractivity (Wildman–Crippen MR) is 102 cm³/mol. The van der Waals surface area contributed by atoms with Crippen molar-refractivity contribution in [3.8, 4) is 11.3 Å². The molecule has 0 N–H and O–H groups in total. The van der Waals surface area contributed by atoms with Crippen LogP contribution in [0.5, 0.6) is 0 Å². The van der Waals surface area contributed by atoms with Crippen LogP contribution >= 0.6 is 0 Å². The van der Waals surface area contributed by atoms with Gasteiger partial charge in [0, 0.05) is 24.0 Å². The van der Waals surface area contributed by atoms with Crippen LogP contribution in [-0.2, 0) is 0 Å². The molecule has 1 aliphatic rings. The van der Waals surface area contributed by atoms with Crippen molar-refractivity contribution >= 4 is 16.8 Å². The maximum absolute atomic E-state index is 13.1. The van der Waals surface area contributed by atoms with Gasteiger partial charge < -0.3 is 4.90 Å². The summed E-state index contributed by atoms with van der Waals surface area (Å²) in [6, 6.07) is 16.3. The molecule has 2 heterocycles. The lowest BCUT2D eigenvalue weighted by Gasteiger charge is -2.18. The van der Waals surface area contributed by atoms with Crippen LogP contribution in [0.2, 0.25) is 0 Å². The summed E-state index contributed by atoms with van der Waals surface area (Å²) in [5.41, 5.74) is 6.02. The molecule has 0 saturated carbocycles. The van der Waals surface area contributed by atoms with Gasteiger partial charge in [-0.2, -0.15) is 0 Å². The molecule has 1 aromatic heterocycles. The first-order valence-electron chi connectivity index (χ1n) is 8.90. The molecule has 3 heteroatoms. The second-order valence-electron chi connectivity index (χ2n) is 6.89. The van der Waals surface area contributed by atoms with E-state index in [1.54, 1.807) is 0 Å². The Morgan fingerprint density at radius 3 is 2.52 bits per heavy atom. The van der Waals surface area contributed by atoms with Gasteiger partial charge in [-0.05, 0) is 44.4 Å². The summed E-state index contributed by atoms with van der Waals surface area (Å²) in [5, 5.41) is 0.938. The molecular weight excluding hydrogens is 308 g/mol. The molecule has 0 atom stereocenters. The quantitative estimate of drug-likeness (QED) is 0.679. The number of pyridine rings is 1. The van der Waals surface area contributed by atoms with Crippen LogP contribution in [-0.4, -0.2) is 28.9 Å². The van der Waals surface area contributed by atoms with Gasteiger partial charge in [0.2, 0.25) is 0 Å². The summed E-state index contributed by atoms with van der Waals surface area (Å²) < 4.78 is 0. The van der Waals surface area contributed by atoms with Crippen molar-refractivity contribution in [3.63, 3.8) is 0 Å². The molecule has 25 heavy (non-hydrogen) atoms. The Labute approximate surface area is 148 Å². The number of fused-ring (bicyclic) bond motifs is 1. The number of aromatic nitrogens is 1. The fourth-order valence-corrected chi connectivity index (χ4v) is 3.68. The summed E-state index contributed by atoms with van der Waals surface area (Å²) in [5.74, 6) is 0.127. The largest absolute Gasteiger partial charge is 0.339 e. The highest BCUT2D eigenvalue weighted by molar-refractivity contribution is 6.07. The molecule has 126 valence electrons. The van der Waals surface area contributed by atoms with Gasteiger partial charge >= 0.3 is 0 Å². The maximum Gasteiger partial charge on any atom is 0.254 e. The van der Waals surface area contributed by atoms with Crippen molar-refractivity contribution in [2.45, 2.75) is 26.7 Å². The number of benzene rings is 2. The first-order valence-corrected chi connectivity index (χ1v) is 8.90. The second kappa shape index (κ2) is 6.32. The van der Waals surface area contributed by atoms with Gasteiger partial charge in [-0.3, -0.25) is 4.79 Å². The van der Waals surface area contributed by atoms with E-state index in [4.69, 9.17) is 4.98 Å². The highest BCUT2D eigenvalue weighted by Gasteiger charge is 2.22. The van der Waals surface area contributed by atoms with E-state index in [0.717, 1.165) is 53.7 Å². The summed E-state index contributed by atoms with van der Waals surface area (Å²) in [6.07, 6.45) is 2.19. The van der Waals surface area contributed by atoms with Crippen molar-refractivity contribution in [2.24, 2.45) is 0 Å². The molecule has 0 aliphatic carbocycles. The second-order valence-corrected chi connectivity index (χ2v) is 6.89. The highest BCUT2D eigenvalue weighted by Crippen LogP contribution is 2.29. The van der Waals surface area contributed by atoms with E-state index >= 15 is 0 Å². The molecule has 0 radical (unpaired) electrons. The van der Waals surface area contributed by atoms with Crippen LogP contribution in [0.15, 0.2) is 48.5 Å². The molecule has 0 spiro atoms. The Morgan fingerprint density at radius 2 is 1.76 bits per heavy atom.